The van der Waals surface area contributed by atoms with Crippen LogP contribution in [0.5, 0.6) is 0 Å². The smallest absolute Gasteiger partial charge is 0.225 e. The molecule has 2 amide bonds. The highest BCUT2D eigenvalue weighted by Crippen LogP contribution is 2.39. The van der Waals surface area contributed by atoms with Crippen LogP contribution in [0.1, 0.15) is 81.5 Å². The van der Waals surface area contributed by atoms with E-state index in [2.05, 4.69) is 21.6 Å². The lowest BCUT2D eigenvalue weighted by atomic mass is 9.93. The number of nitrogens with one attached hydrogen (secondary N) is 2. The third-order valence-electron chi connectivity index (χ3n) is 6.18. The Morgan fingerprint density at radius 3 is 2.65 bits per heavy atom. The van der Waals surface area contributed by atoms with E-state index in [1.165, 1.54) is 38.5 Å². The van der Waals surface area contributed by atoms with Crippen LogP contribution in [0, 0.1) is 5.92 Å². The van der Waals surface area contributed by atoms with Crippen LogP contribution in [-0.2, 0) is 16.1 Å². The van der Waals surface area contributed by atoms with Crippen LogP contribution in [0.25, 0.3) is 0 Å². The van der Waals surface area contributed by atoms with Gasteiger partial charge in [-0.25, -0.2) is 0 Å². The van der Waals surface area contributed by atoms with Gasteiger partial charge in [-0.1, -0.05) is 25.7 Å². The second kappa shape index (κ2) is 7.80. The van der Waals surface area contributed by atoms with Crippen LogP contribution in [0.2, 0.25) is 0 Å². The van der Waals surface area contributed by atoms with Gasteiger partial charge in [-0.2, -0.15) is 5.10 Å². The van der Waals surface area contributed by atoms with Crippen molar-refractivity contribution in [2.24, 2.45) is 5.92 Å². The molecule has 142 valence electrons. The number of likely N-dealkylation sites (tertiary alicyclic amines) is 1. The van der Waals surface area contributed by atoms with Crippen LogP contribution in [-0.4, -0.2) is 39.5 Å². The molecule has 1 saturated heterocycles. The minimum atomic E-state index is -0.0817. The molecule has 1 aliphatic heterocycles. The number of rotatable bonds is 5. The second-order valence-corrected chi connectivity index (χ2v) is 8.24. The van der Waals surface area contributed by atoms with Gasteiger partial charge in [0.15, 0.2) is 0 Å². The quantitative estimate of drug-likeness (QED) is 0.795. The molecule has 1 aromatic heterocycles. The topological polar surface area (TPSA) is 78.1 Å². The summed E-state index contributed by atoms with van der Waals surface area (Å²) in [6.45, 7) is 1.08. The lowest BCUT2D eigenvalue weighted by molar-refractivity contribution is -0.141. The first kappa shape index (κ1) is 17.6. The zero-order valence-corrected chi connectivity index (χ0v) is 15.5. The molecule has 26 heavy (non-hydrogen) atoms. The molecule has 0 radical (unpaired) electrons. The first-order valence-electron chi connectivity index (χ1n) is 10.3. The van der Waals surface area contributed by atoms with Crippen molar-refractivity contribution in [3.05, 3.63) is 17.5 Å². The summed E-state index contributed by atoms with van der Waals surface area (Å²) in [5.74, 6) is 0.845. The van der Waals surface area contributed by atoms with E-state index in [4.69, 9.17) is 0 Å². The fourth-order valence-corrected chi connectivity index (χ4v) is 4.39. The molecule has 2 saturated carbocycles. The Morgan fingerprint density at radius 2 is 1.92 bits per heavy atom. The molecule has 2 aliphatic carbocycles. The van der Waals surface area contributed by atoms with Gasteiger partial charge in [0.25, 0.3) is 0 Å². The molecule has 2 heterocycles. The summed E-state index contributed by atoms with van der Waals surface area (Å²) < 4.78 is 0. The lowest BCUT2D eigenvalue weighted by Gasteiger charge is -2.37. The largest absolute Gasteiger partial charge is 0.350 e. The number of H-pyrrole nitrogens is 1. The first-order chi connectivity index (χ1) is 12.7. The van der Waals surface area contributed by atoms with E-state index in [1.807, 2.05) is 4.90 Å². The van der Waals surface area contributed by atoms with Gasteiger partial charge < -0.3 is 10.2 Å². The summed E-state index contributed by atoms with van der Waals surface area (Å²) in [6, 6.07) is 2.41. The zero-order chi connectivity index (χ0) is 17.9. The van der Waals surface area contributed by atoms with E-state index in [0.29, 0.717) is 37.9 Å². The van der Waals surface area contributed by atoms with E-state index >= 15 is 0 Å². The summed E-state index contributed by atoms with van der Waals surface area (Å²) in [7, 11) is 0. The maximum atomic E-state index is 12.6. The Labute approximate surface area is 155 Å². The number of carbonyl (C=O) groups excluding carboxylic acids is 2. The summed E-state index contributed by atoms with van der Waals surface area (Å²) in [5.41, 5.74) is 2.09. The van der Waals surface area contributed by atoms with Crippen LogP contribution in [0.4, 0.5) is 0 Å². The van der Waals surface area contributed by atoms with Crippen molar-refractivity contribution in [1.82, 2.24) is 20.4 Å². The third-order valence-corrected chi connectivity index (χ3v) is 6.18. The Balaban J connectivity index is 1.30. The van der Waals surface area contributed by atoms with Gasteiger partial charge in [0.2, 0.25) is 11.8 Å². The molecule has 0 spiro atoms. The highest BCUT2D eigenvalue weighted by atomic mass is 16.2. The second-order valence-electron chi connectivity index (χ2n) is 8.24. The number of piperidine rings is 1. The maximum Gasteiger partial charge on any atom is 0.225 e. The molecular formula is C20H30N4O2. The summed E-state index contributed by atoms with van der Waals surface area (Å²) in [5, 5.41) is 10.4. The van der Waals surface area contributed by atoms with Crippen molar-refractivity contribution in [2.75, 3.05) is 6.54 Å². The molecule has 1 aromatic rings. The Morgan fingerprint density at radius 1 is 1.15 bits per heavy atom. The number of nitrogens with zero attached hydrogens (tertiary/aromatic N) is 2. The zero-order valence-electron chi connectivity index (χ0n) is 15.5. The third kappa shape index (κ3) is 4.10. The Bertz CT molecular complexity index is 644. The highest BCUT2D eigenvalue weighted by Gasteiger charge is 2.34. The fourth-order valence-electron chi connectivity index (χ4n) is 4.39. The lowest BCUT2D eigenvalue weighted by Crippen LogP contribution is -2.49. The van der Waals surface area contributed by atoms with Crippen molar-refractivity contribution in [2.45, 2.75) is 82.7 Å². The number of carbonyl (C=O) groups is 2. The first-order valence-corrected chi connectivity index (χ1v) is 10.3. The van der Waals surface area contributed by atoms with E-state index < -0.39 is 0 Å². The summed E-state index contributed by atoms with van der Waals surface area (Å²) in [6.07, 6.45) is 10.8. The Kier molecular flexibility index (Phi) is 5.27. The van der Waals surface area contributed by atoms with Gasteiger partial charge in [-0.3, -0.25) is 14.7 Å². The summed E-state index contributed by atoms with van der Waals surface area (Å²) >= 11 is 0. The van der Waals surface area contributed by atoms with Crippen molar-refractivity contribution >= 4 is 11.8 Å². The van der Waals surface area contributed by atoms with E-state index in [1.54, 1.807) is 0 Å². The van der Waals surface area contributed by atoms with Gasteiger partial charge in [0, 0.05) is 24.9 Å². The van der Waals surface area contributed by atoms with Crippen LogP contribution < -0.4 is 5.32 Å². The molecule has 6 nitrogen and oxygen atoms in total. The van der Waals surface area contributed by atoms with Crippen LogP contribution >= 0.6 is 0 Å². The SMILES string of the molecule is O=C(NCc1cc(C2CC2)n[nH]1)[C@H]1CCC(=O)N(C2CCCCCC2)C1. The summed E-state index contributed by atoms with van der Waals surface area (Å²) in [4.78, 5) is 27.1. The van der Waals surface area contributed by atoms with Gasteiger partial charge >= 0.3 is 0 Å². The molecule has 6 heteroatoms. The van der Waals surface area contributed by atoms with Gasteiger partial charge in [-0.05, 0) is 38.2 Å². The van der Waals surface area contributed by atoms with Gasteiger partial charge in [-0.15, -0.1) is 0 Å². The van der Waals surface area contributed by atoms with Crippen molar-refractivity contribution < 1.29 is 9.59 Å². The molecule has 1 atom stereocenters. The fraction of sp³-hybridized carbons (Fsp3) is 0.750. The number of hydrogen-bond donors (Lipinski definition) is 2. The number of amides is 2. The standard InChI is InChI=1S/C20H30N4O2/c25-19-10-9-15(13-24(19)17-5-3-1-2-4-6-17)20(26)21-12-16-11-18(23-22-16)14-7-8-14/h11,14-15,17H,1-10,12-13H2,(H,21,26)(H,22,23)/t15-/m0/s1. The van der Waals surface area contributed by atoms with Crippen molar-refractivity contribution in [3.63, 3.8) is 0 Å². The molecule has 2 N–H and O–H groups in total. The molecule has 4 rings (SSSR count). The normalized spacial score (nSPS) is 25.2. The molecule has 3 fully saturated rings. The van der Waals surface area contributed by atoms with Crippen LogP contribution in [0.3, 0.4) is 0 Å². The number of hydrogen-bond acceptors (Lipinski definition) is 3. The molecule has 0 bridgehead atoms. The maximum absolute atomic E-state index is 12.6. The van der Waals surface area contributed by atoms with E-state index in [0.717, 1.165) is 24.2 Å². The molecular weight excluding hydrogens is 328 g/mol. The average Bonchev–Trinajstić information content (AvgIpc) is 3.44. The Hall–Kier alpha value is -1.85. The molecule has 0 unspecified atom stereocenters. The minimum absolute atomic E-state index is 0.0682. The van der Waals surface area contributed by atoms with Gasteiger partial charge in [0.1, 0.15) is 0 Å². The van der Waals surface area contributed by atoms with Gasteiger partial charge in [0.05, 0.1) is 23.9 Å². The van der Waals surface area contributed by atoms with E-state index in [9.17, 15) is 9.59 Å². The molecule has 0 aromatic carbocycles. The predicted molar refractivity (Wildman–Crippen MR) is 98.3 cm³/mol. The highest BCUT2D eigenvalue weighted by molar-refractivity contribution is 5.84. The van der Waals surface area contributed by atoms with Crippen LogP contribution in [0.15, 0.2) is 6.07 Å². The number of aromatic amines is 1. The van der Waals surface area contributed by atoms with E-state index in [-0.39, 0.29) is 17.7 Å². The van der Waals surface area contributed by atoms with Crippen molar-refractivity contribution in [3.8, 4) is 0 Å². The van der Waals surface area contributed by atoms with Crippen molar-refractivity contribution in [1.29, 1.82) is 0 Å². The number of aromatic nitrogens is 2. The predicted octanol–water partition coefficient (Wildman–Crippen LogP) is 2.86. The average molecular weight is 358 g/mol. The monoisotopic (exact) mass is 358 g/mol. The molecule has 3 aliphatic rings. The minimum Gasteiger partial charge on any atom is -0.350 e.